The summed E-state index contributed by atoms with van der Waals surface area (Å²) in [5.74, 6) is 1.06. The number of carbonyl (C=O) groups excluding carboxylic acids is 2. The summed E-state index contributed by atoms with van der Waals surface area (Å²) in [5.41, 5.74) is 1.88. The zero-order valence-electron chi connectivity index (χ0n) is 19.0. The lowest BCUT2D eigenvalue weighted by Crippen LogP contribution is -2.50. The number of methoxy groups -OCH3 is 1. The van der Waals surface area contributed by atoms with Crippen LogP contribution in [0.5, 0.6) is 11.5 Å². The number of carbonyl (C=O) groups is 2. The van der Waals surface area contributed by atoms with Crippen molar-refractivity contribution in [1.82, 2.24) is 10.2 Å². The largest absolute Gasteiger partial charge is 0.497 e. The molecule has 0 aromatic heterocycles. The molecular weight excluding hydrogens is 392 g/mol. The van der Waals surface area contributed by atoms with Gasteiger partial charge in [-0.2, -0.15) is 0 Å². The molecule has 0 radical (unpaired) electrons. The van der Waals surface area contributed by atoms with Gasteiger partial charge in [-0.25, -0.2) is 0 Å². The minimum absolute atomic E-state index is 0.125. The van der Waals surface area contributed by atoms with Crippen molar-refractivity contribution in [2.75, 3.05) is 20.3 Å². The second-order valence-electron chi connectivity index (χ2n) is 7.49. The van der Waals surface area contributed by atoms with E-state index in [9.17, 15) is 9.59 Å². The predicted molar refractivity (Wildman–Crippen MR) is 122 cm³/mol. The number of rotatable bonds is 12. The number of amides is 2. The van der Waals surface area contributed by atoms with Crippen LogP contribution in [0.25, 0.3) is 0 Å². The monoisotopic (exact) mass is 426 g/mol. The molecule has 0 aliphatic rings. The van der Waals surface area contributed by atoms with Crippen molar-refractivity contribution in [3.05, 3.63) is 59.7 Å². The highest BCUT2D eigenvalue weighted by Crippen LogP contribution is 2.19. The summed E-state index contributed by atoms with van der Waals surface area (Å²) in [5, 5.41) is 2.96. The van der Waals surface area contributed by atoms with Crippen LogP contribution >= 0.6 is 0 Å². The lowest BCUT2D eigenvalue weighted by atomic mass is 10.1. The van der Waals surface area contributed by atoms with Gasteiger partial charge in [-0.05, 0) is 49.1 Å². The topological polar surface area (TPSA) is 67.9 Å². The number of para-hydroxylation sites is 1. The lowest BCUT2D eigenvalue weighted by Gasteiger charge is -2.30. The Kier molecular flexibility index (Phi) is 9.88. The Morgan fingerprint density at radius 2 is 1.77 bits per heavy atom. The molecule has 0 spiro atoms. The van der Waals surface area contributed by atoms with E-state index < -0.39 is 6.04 Å². The number of unbranched alkanes of at least 4 members (excludes halogenated alkanes) is 1. The summed E-state index contributed by atoms with van der Waals surface area (Å²) in [6.45, 7) is 6.73. The van der Waals surface area contributed by atoms with Crippen molar-refractivity contribution in [2.45, 2.75) is 52.6 Å². The molecule has 0 saturated carbocycles. The average molecular weight is 427 g/mol. The van der Waals surface area contributed by atoms with Gasteiger partial charge >= 0.3 is 0 Å². The Labute approximate surface area is 185 Å². The second-order valence-corrected chi connectivity index (χ2v) is 7.49. The van der Waals surface area contributed by atoms with Crippen LogP contribution in [-0.2, 0) is 16.1 Å². The standard InChI is InChI=1S/C25H34N2O4/c1-5-7-16-26-25(29)22(6-2)27(17-20-12-14-21(30-4)15-13-20)24(28)18-31-23-11-9-8-10-19(23)3/h8-15,22H,5-7,16-18H2,1-4H3,(H,26,29)/t22-/m0/s1. The van der Waals surface area contributed by atoms with E-state index in [1.165, 1.54) is 0 Å². The molecule has 0 fully saturated rings. The highest BCUT2D eigenvalue weighted by molar-refractivity contribution is 5.88. The first-order chi connectivity index (χ1) is 15.0. The van der Waals surface area contributed by atoms with Gasteiger partial charge in [0.05, 0.1) is 7.11 Å². The van der Waals surface area contributed by atoms with E-state index in [-0.39, 0.29) is 18.4 Å². The predicted octanol–water partition coefficient (Wildman–Crippen LogP) is 4.11. The Balaban J connectivity index is 2.18. The molecule has 1 atom stereocenters. The number of aryl methyl sites for hydroxylation is 1. The van der Waals surface area contributed by atoms with Gasteiger partial charge in [0.1, 0.15) is 17.5 Å². The quantitative estimate of drug-likeness (QED) is 0.519. The molecule has 0 aliphatic heterocycles. The van der Waals surface area contributed by atoms with Crippen molar-refractivity contribution >= 4 is 11.8 Å². The summed E-state index contributed by atoms with van der Waals surface area (Å²) in [6.07, 6.45) is 2.42. The Morgan fingerprint density at radius 1 is 1.06 bits per heavy atom. The van der Waals surface area contributed by atoms with Crippen LogP contribution in [0.3, 0.4) is 0 Å². The van der Waals surface area contributed by atoms with Gasteiger partial charge in [0.2, 0.25) is 5.91 Å². The van der Waals surface area contributed by atoms with Crippen LogP contribution < -0.4 is 14.8 Å². The molecule has 0 aliphatic carbocycles. The molecular formula is C25H34N2O4. The maximum atomic E-state index is 13.2. The number of hydrogen-bond donors (Lipinski definition) is 1. The molecule has 168 valence electrons. The molecule has 2 amide bonds. The summed E-state index contributed by atoms with van der Waals surface area (Å²) in [7, 11) is 1.61. The zero-order chi connectivity index (χ0) is 22.6. The third-order valence-electron chi connectivity index (χ3n) is 5.17. The first kappa shape index (κ1) is 24.3. The first-order valence-corrected chi connectivity index (χ1v) is 10.9. The maximum Gasteiger partial charge on any atom is 0.261 e. The van der Waals surface area contributed by atoms with Crippen LogP contribution in [0, 0.1) is 6.92 Å². The number of ether oxygens (including phenoxy) is 2. The zero-order valence-corrected chi connectivity index (χ0v) is 19.0. The van der Waals surface area contributed by atoms with E-state index in [0.29, 0.717) is 25.3 Å². The van der Waals surface area contributed by atoms with E-state index in [1.807, 2.05) is 62.4 Å². The van der Waals surface area contributed by atoms with Gasteiger partial charge in [-0.3, -0.25) is 9.59 Å². The fourth-order valence-electron chi connectivity index (χ4n) is 3.29. The van der Waals surface area contributed by atoms with Crippen molar-refractivity contribution in [3.63, 3.8) is 0 Å². The SMILES string of the molecule is CCCCNC(=O)[C@H](CC)N(Cc1ccc(OC)cc1)C(=O)COc1ccccc1C. The van der Waals surface area contributed by atoms with Crippen molar-refractivity contribution in [3.8, 4) is 11.5 Å². The molecule has 31 heavy (non-hydrogen) atoms. The fourth-order valence-corrected chi connectivity index (χ4v) is 3.29. The molecule has 0 saturated heterocycles. The molecule has 6 nitrogen and oxygen atoms in total. The Bertz CT molecular complexity index is 836. The molecule has 1 N–H and O–H groups in total. The first-order valence-electron chi connectivity index (χ1n) is 10.9. The van der Waals surface area contributed by atoms with Gasteiger partial charge in [-0.15, -0.1) is 0 Å². The van der Waals surface area contributed by atoms with Gasteiger partial charge < -0.3 is 19.7 Å². The molecule has 2 rings (SSSR count). The summed E-state index contributed by atoms with van der Waals surface area (Å²) >= 11 is 0. The van der Waals surface area contributed by atoms with E-state index in [2.05, 4.69) is 12.2 Å². The highest BCUT2D eigenvalue weighted by atomic mass is 16.5. The lowest BCUT2D eigenvalue weighted by molar-refractivity contribution is -0.143. The van der Waals surface area contributed by atoms with Gasteiger partial charge in [-0.1, -0.05) is 50.6 Å². The van der Waals surface area contributed by atoms with E-state index in [1.54, 1.807) is 12.0 Å². The number of hydrogen-bond acceptors (Lipinski definition) is 4. The van der Waals surface area contributed by atoms with E-state index >= 15 is 0 Å². The fraction of sp³-hybridized carbons (Fsp3) is 0.440. The van der Waals surface area contributed by atoms with Crippen LogP contribution in [0.15, 0.2) is 48.5 Å². The molecule has 2 aromatic rings. The van der Waals surface area contributed by atoms with E-state index in [0.717, 1.165) is 29.7 Å². The molecule has 0 unspecified atom stereocenters. The van der Waals surface area contributed by atoms with Crippen molar-refractivity contribution in [2.24, 2.45) is 0 Å². The minimum atomic E-state index is -0.563. The van der Waals surface area contributed by atoms with Gasteiger partial charge in [0.25, 0.3) is 5.91 Å². The number of nitrogens with one attached hydrogen (secondary N) is 1. The molecule has 0 heterocycles. The van der Waals surface area contributed by atoms with Crippen molar-refractivity contribution in [1.29, 1.82) is 0 Å². The normalized spacial score (nSPS) is 11.5. The van der Waals surface area contributed by atoms with Crippen LogP contribution in [0.1, 0.15) is 44.2 Å². The summed E-state index contributed by atoms with van der Waals surface area (Å²) < 4.78 is 11.0. The Hall–Kier alpha value is -3.02. The maximum absolute atomic E-state index is 13.2. The van der Waals surface area contributed by atoms with Crippen LogP contribution in [0.4, 0.5) is 0 Å². The molecule has 2 aromatic carbocycles. The van der Waals surface area contributed by atoms with Gasteiger partial charge in [0.15, 0.2) is 6.61 Å². The molecule has 0 bridgehead atoms. The minimum Gasteiger partial charge on any atom is -0.497 e. The van der Waals surface area contributed by atoms with Crippen molar-refractivity contribution < 1.29 is 19.1 Å². The third-order valence-corrected chi connectivity index (χ3v) is 5.17. The van der Waals surface area contributed by atoms with E-state index in [4.69, 9.17) is 9.47 Å². The average Bonchev–Trinajstić information content (AvgIpc) is 2.78. The summed E-state index contributed by atoms with van der Waals surface area (Å²) in [6, 6.07) is 14.5. The Morgan fingerprint density at radius 3 is 2.39 bits per heavy atom. The van der Waals surface area contributed by atoms with Crippen LogP contribution in [0.2, 0.25) is 0 Å². The number of benzene rings is 2. The number of nitrogens with zero attached hydrogens (tertiary/aromatic N) is 1. The smallest absolute Gasteiger partial charge is 0.261 e. The second kappa shape index (κ2) is 12.6. The van der Waals surface area contributed by atoms with Crippen LogP contribution in [-0.4, -0.2) is 43.0 Å². The summed E-state index contributed by atoms with van der Waals surface area (Å²) in [4.78, 5) is 27.6. The van der Waals surface area contributed by atoms with Gasteiger partial charge in [0, 0.05) is 13.1 Å². The third kappa shape index (κ3) is 7.31. The highest BCUT2D eigenvalue weighted by Gasteiger charge is 2.28. The molecule has 6 heteroatoms.